The van der Waals surface area contributed by atoms with Crippen molar-refractivity contribution >= 4 is 11.8 Å². The van der Waals surface area contributed by atoms with Crippen LogP contribution in [0.1, 0.15) is 18.7 Å². The predicted octanol–water partition coefficient (Wildman–Crippen LogP) is 0.545. The summed E-state index contributed by atoms with van der Waals surface area (Å²) in [7, 11) is 1.95. The van der Waals surface area contributed by atoms with E-state index in [1.807, 2.05) is 11.6 Å². The molecule has 1 unspecified atom stereocenters. The van der Waals surface area contributed by atoms with Crippen LogP contribution in [0.15, 0.2) is 5.16 Å². The fourth-order valence-electron chi connectivity index (χ4n) is 1.58. The van der Waals surface area contributed by atoms with E-state index < -0.39 is 0 Å². The number of nitrogens with zero attached hydrogens (tertiary/aromatic N) is 3. The van der Waals surface area contributed by atoms with Gasteiger partial charge >= 0.3 is 0 Å². The standard InChI is InChI=1S/C9H16N4OS/c1-13-8(5-10)11-12-9(13)15-7-3-2-4-14-6-7/h7H,2-6,10H2,1H3. The lowest BCUT2D eigenvalue weighted by molar-refractivity contribution is 0.101. The number of aromatic nitrogens is 3. The average molecular weight is 228 g/mol. The van der Waals surface area contributed by atoms with Crippen LogP contribution in [0.3, 0.4) is 0 Å². The Kier molecular flexibility index (Phi) is 3.61. The number of hydrogen-bond acceptors (Lipinski definition) is 5. The van der Waals surface area contributed by atoms with Crippen LogP contribution in [0, 0.1) is 0 Å². The maximum absolute atomic E-state index is 5.54. The summed E-state index contributed by atoms with van der Waals surface area (Å²) in [6.07, 6.45) is 2.33. The molecule has 0 aliphatic carbocycles. The van der Waals surface area contributed by atoms with E-state index in [1.165, 1.54) is 6.42 Å². The third kappa shape index (κ3) is 2.50. The minimum atomic E-state index is 0.436. The number of rotatable bonds is 3. The first-order valence-corrected chi connectivity index (χ1v) is 6.02. The van der Waals surface area contributed by atoms with Crippen LogP contribution in [-0.4, -0.2) is 33.2 Å². The summed E-state index contributed by atoms with van der Waals surface area (Å²) in [5, 5.41) is 9.59. The van der Waals surface area contributed by atoms with Gasteiger partial charge in [-0.2, -0.15) is 0 Å². The topological polar surface area (TPSA) is 66.0 Å². The van der Waals surface area contributed by atoms with Gasteiger partial charge in [0.2, 0.25) is 0 Å². The average Bonchev–Trinajstić information content (AvgIpc) is 2.62. The zero-order chi connectivity index (χ0) is 10.7. The first-order chi connectivity index (χ1) is 7.31. The number of nitrogens with two attached hydrogens (primary N) is 1. The van der Waals surface area contributed by atoms with Gasteiger partial charge in [0.25, 0.3) is 0 Å². The summed E-state index contributed by atoms with van der Waals surface area (Å²) < 4.78 is 7.38. The van der Waals surface area contributed by atoms with Crippen LogP contribution >= 0.6 is 11.8 Å². The van der Waals surface area contributed by atoms with Gasteiger partial charge in [0, 0.05) is 18.9 Å². The van der Waals surface area contributed by atoms with Crippen LogP contribution in [0.25, 0.3) is 0 Å². The molecule has 0 saturated carbocycles. The molecule has 1 aromatic heterocycles. The molecule has 1 aliphatic heterocycles. The molecule has 84 valence electrons. The van der Waals surface area contributed by atoms with Crippen molar-refractivity contribution in [3.8, 4) is 0 Å². The van der Waals surface area contributed by atoms with Crippen molar-refractivity contribution in [1.82, 2.24) is 14.8 Å². The largest absolute Gasteiger partial charge is 0.380 e. The van der Waals surface area contributed by atoms with Gasteiger partial charge in [0.05, 0.1) is 13.2 Å². The quantitative estimate of drug-likeness (QED) is 0.818. The molecule has 15 heavy (non-hydrogen) atoms. The molecule has 0 aromatic carbocycles. The Hall–Kier alpha value is -0.590. The molecule has 1 aliphatic rings. The maximum atomic E-state index is 5.54. The highest BCUT2D eigenvalue weighted by atomic mass is 32.2. The highest BCUT2D eigenvalue weighted by Crippen LogP contribution is 2.27. The molecule has 1 fully saturated rings. The minimum absolute atomic E-state index is 0.436. The zero-order valence-corrected chi connectivity index (χ0v) is 9.66. The molecule has 0 spiro atoms. The van der Waals surface area contributed by atoms with Crippen LogP contribution in [0.5, 0.6) is 0 Å². The first-order valence-electron chi connectivity index (χ1n) is 5.14. The molecule has 0 amide bonds. The Bertz CT molecular complexity index is 322. The number of hydrogen-bond donors (Lipinski definition) is 1. The van der Waals surface area contributed by atoms with Crippen molar-refractivity contribution in [2.45, 2.75) is 29.8 Å². The molecule has 1 atom stereocenters. The van der Waals surface area contributed by atoms with E-state index in [0.29, 0.717) is 11.8 Å². The van der Waals surface area contributed by atoms with E-state index in [1.54, 1.807) is 11.8 Å². The fraction of sp³-hybridized carbons (Fsp3) is 0.778. The van der Waals surface area contributed by atoms with Gasteiger partial charge in [-0.05, 0) is 12.8 Å². The smallest absolute Gasteiger partial charge is 0.191 e. The van der Waals surface area contributed by atoms with Crippen molar-refractivity contribution in [3.63, 3.8) is 0 Å². The second kappa shape index (κ2) is 4.96. The van der Waals surface area contributed by atoms with Crippen molar-refractivity contribution in [2.24, 2.45) is 12.8 Å². The third-order valence-electron chi connectivity index (χ3n) is 2.50. The van der Waals surface area contributed by atoms with E-state index in [0.717, 1.165) is 30.6 Å². The molecule has 2 heterocycles. The Balaban J connectivity index is 2.00. The Morgan fingerprint density at radius 2 is 2.47 bits per heavy atom. The molecule has 5 nitrogen and oxygen atoms in total. The van der Waals surface area contributed by atoms with E-state index >= 15 is 0 Å². The summed E-state index contributed by atoms with van der Waals surface area (Å²) in [6.45, 7) is 2.14. The van der Waals surface area contributed by atoms with E-state index in [-0.39, 0.29) is 0 Å². The summed E-state index contributed by atoms with van der Waals surface area (Å²) in [5.41, 5.74) is 5.54. The molecule has 2 N–H and O–H groups in total. The Morgan fingerprint density at radius 1 is 1.60 bits per heavy atom. The summed E-state index contributed by atoms with van der Waals surface area (Å²) >= 11 is 1.74. The zero-order valence-electron chi connectivity index (χ0n) is 8.85. The molecule has 6 heteroatoms. The lowest BCUT2D eigenvalue weighted by atomic mass is 10.2. The fourth-order valence-corrected chi connectivity index (χ4v) is 2.68. The summed E-state index contributed by atoms with van der Waals surface area (Å²) in [4.78, 5) is 0. The van der Waals surface area contributed by atoms with Gasteiger partial charge < -0.3 is 15.0 Å². The van der Waals surface area contributed by atoms with Gasteiger partial charge in [-0.1, -0.05) is 11.8 Å². The molecule has 0 bridgehead atoms. The van der Waals surface area contributed by atoms with Crippen LogP contribution in [-0.2, 0) is 18.3 Å². The molecular weight excluding hydrogens is 212 g/mol. The number of thioether (sulfide) groups is 1. The maximum Gasteiger partial charge on any atom is 0.191 e. The third-order valence-corrected chi connectivity index (χ3v) is 3.77. The van der Waals surface area contributed by atoms with Crippen LogP contribution < -0.4 is 5.73 Å². The van der Waals surface area contributed by atoms with Crippen LogP contribution in [0.2, 0.25) is 0 Å². The second-order valence-electron chi connectivity index (χ2n) is 3.62. The minimum Gasteiger partial charge on any atom is -0.380 e. The molecular formula is C9H16N4OS. The normalized spacial score (nSPS) is 21.9. The SMILES string of the molecule is Cn1c(CN)nnc1SC1CCCOC1. The summed E-state index contributed by atoms with van der Waals surface area (Å²) in [6, 6.07) is 0. The van der Waals surface area contributed by atoms with E-state index in [9.17, 15) is 0 Å². The van der Waals surface area contributed by atoms with Gasteiger partial charge in [-0.25, -0.2) is 0 Å². The molecule has 1 aromatic rings. The summed E-state index contributed by atoms with van der Waals surface area (Å²) in [5.74, 6) is 0.828. The van der Waals surface area contributed by atoms with Gasteiger partial charge in [0.15, 0.2) is 5.16 Å². The van der Waals surface area contributed by atoms with Crippen molar-refractivity contribution < 1.29 is 4.74 Å². The van der Waals surface area contributed by atoms with Crippen molar-refractivity contribution in [2.75, 3.05) is 13.2 Å². The van der Waals surface area contributed by atoms with E-state index in [2.05, 4.69) is 10.2 Å². The molecule has 1 saturated heterocycles. The second-order valence-corrected chi connectivity index (χ2v) is 4.89. The lowest BCUT2D eigenvalue weighted by Gasteiger charge is -2.20. The Morgan fingerprint density at radius 3 is 3.07 bits per heavy atom. The van der Waals surface area contributed by atoms with Crippen molar-refractivity contribution in [1.29, 1.82) is 0 Å². The molecule has 2 rings (SSSR count). The van der Waals surface area contributed by atoms with Gasteiger partial charge in [-0.15, -0.1) is 10.2 Å². The highest BCUT2D eigenvalue weighted by Gasteiger charge is 2.18. The van der Waals surface area contributed by atoms with E-state index in [4.69, 9.17) is 10.5 Å². The van der Waals surface area contributed by atoms with Gasteiger partial charge in [0.1, 0.15) is 5.82 Å². The lowest BCUT2D eigenvalue weighted by Crippen LogP contribution is -2.19. The van der Waals surface area contributed by atoms with Crippen molar-refractivity contribution in [3.05, 3.63) is 5.82 Å². The Labute approximate surface area is 93.4 Å². The first kappa shape index (κ1) is 10.9. The molecule has 0 radical (unpaired) electrons. The van der Waals surface area contributed by atoms with Gasteiger partial charge in [-0.3, -0.25) is 0 Å². The highest BCUT2D eigenvalue weighted by molar-refractivity contribution is 7.99. The van der Waals surface area contributed by atoms with Crippen LogP contribution in [0.4, 0.5) is 0 Å². The predicted molar refractivity (Wildman–Crippen MR) is 58.6 cm³/mol. The number of ether oxygens (including phenoxy) is 1. The monoisotopic (exact) mass is 228 g/mol.